The molecular formula is C10H22N4O. The zero-order chi connectivity index (χ0) is 11.3. The van der Waals surface area contributed by atoms with Crippen molar-refractivity contribution in [3.8, 4) is 0 Å². The molecule has 1 rings (SSSR count). The van der Waals surface area contributed by atoms with Gasteiger partial charge in [-0.3, -0.25) is 0 Å². The van der Waals surface area contributed by atoms with Gasteiger partial charge in [0.2, 0.25) is 0 Å². The maximum atomic E-state index is 8.39. The predicted molar refractivity (Wildman–Crippen MR) is 61.1 cm³/mol. The maximum absolute atomic E-state index is 8.39. The molecule has 0 aromatic carbocycles. The molecule has 1 saturated heterocycles. The summed E-state index contributed by atoms with van der Waals surface area (Å²) < 4.78 is 0. The predicted octanol–water partition coefficient (Wildman–Crippen LogP) is 0.0527. The SMILES string of the molecule is CC1CN(C)CCC1NCCC(N)=NO. The van der Waals surface area contributed by atoms with Crippen LogP contribution in [-0.4, -0.2) is 48.7 Å². The number of rotatable bonds is 4. The first-order valence-corrected chi connectivity index (χ1v) is 5.51. The molecule has 1 aliphatic heterocycles. The van der Waals surface area contributed by atoms with Gasteiger partial charge in [0.1, 0.15) is 5.84 Å². The highest BCUT2D eigenvalue weighted by Gasteiger charge is 2.23. The molecule has 0 bridgehead atoms. The summed E-state index contributed by atoms with van der Waals surface area (Å²) in [6.07, 6.45) is 1.78. The third-order valence-electron chi connectivity index (χ3n) is 3.02. The molecule has 5 nitrogen and oxygen atoms in total. The zero-order valence-electron chi connectivity index (χ0n) is 9.61. The number of hydrogen-bond acceptors (Lipinski definition) is 4. The Kier molecular flexibility index (Phi) is 4.84. The minimum Gasteiger partial charge on any atom is -0.409 e. The van der Waals surface area contributed by atoms with Crippen LogP contribution in [0.15, 0.2) is 5.16 Å². The van der Waals surface area contributed by atoms with Gasteiger partial charge in [0.05, 0.1) is 0 Å². The van der Waals surface area contributed by atoms with E-state index in [1.54, 1.807) is 0 Å². The molecule has 0 radical (unpaired) electrons. The van der Waals surface area contributed by atoms with Crippen molar-refractivity contribution in [1.29, 1.82) is 0 Å². The third-order valence-corrected chi connectivity index (χ3v) is 3.02. The van der Waals surface area contributed by atoms with Crippen LogP contribution in [0.1, 0.15) is 19.8 Å². The number of nitrogens with one attached hydrogen (secondary N) is 1. The van der Waals surface area contributed by atoms with Gasteiger partial charge in [-0.15, -0.1) is 0 Å². The minimum absolute atomic E-state index is 0.295. The Labute approximate surface area is 91.3 Å². The Morgan fingerprint density at radius 2 is 2.40 bits per heavy atom. The Morgan fingerprint density at radius 3 is 3.00 bits per heavy atom. The first-order valence-electron chi connectivity index (χ1n) is 5.51. The second-order valence-corrected chi connectivity index (χ2v) is 4.43. The lowest BCUT2D eigenvalue weighted by molar-refractivity contribution is 0.176. The normalized spacial score (nSPS) is 29.3. The third kappa shape index (κ3) is 4.05. The Balaban J connectivity index is 2.21. The minimum atomic E-state index is 0.295. The largest absolute Gasteiger partial charge is 0.409 e. The molecule has 0 aromatic heterocycles. The number of hydrogen-bond donors (Lipinski definition) is 3. The molecule has 0 saturated carbocycles. The fraction of sp³-hybridized carbons (Fsp3) is 0.900. The van der Waals surface area contributed by atoms with Gasteiger partial charge in [-0.2, -0.15) is 0 Å². The maximum Gasteiger partial charge on any atom is 0.140 e. The summed E-state index contributed by atoms with van der Waals surface area (Å²) in [7, 11) is 2.16. The highest BCUT2D eigenvalue weighted by Crippen LogP contribution is 2.14. The summed E-state index contributed by atoms with van der Waals surface area (Å²) in [5.41, 5.74) is 5.40. The van der Waals surface area contributed by atoms with E-state index in [1.165, 1.54) is 6.42 Å². The van der Waals surface area contributed by atoms with E-state index >= 15 is 0 Å². The van der Waals surface area contributed by atoms with Crippen molar-refractivity contribution in [2.45, 2.75) is 25.8 Å². The second kappa shape index (κ2) is 5.92. The van der Waals surface area contributed by atoms with Crippen molar-refractivity contribution in [2.75, 3.05) is 26.7 Å². The fourth-order valence-corrected chi connectivity index (χ4v) is 2.09. The topological polar surface area (TPSA) is 73.9 Å². The van der Waals surface area contributed by atoms with Crippen LogP contribution in [0.2, 0.25) is 0 Å². The number of likely N-dealkylation sites (tertiary alicyclic amines) is 1. The summed E-state index contributed by atoms with van der Waals surface area (Å²) in [6.45, 7) is 5.33. The van der Waals surface area contributed by atoms with E-state index in [1.807, 2.05) is 0 Å². The average molecular weight is 214 g/mol. The molecule has 88 valence electrons. The smallest absolute Gasteiger partial charge is 0.140 e. The van der Waals surface area contributed by atoms with Crippen LogP contribution in [0, 0.1) is 5.92 Å². The monoisotopic (exact) mass is 214 g/mol. The standard InChI is InChI=1S/C10H22N4O/c1-8-7-14(2)6-4-9(8)12-5-3-10(11)13-15/h8-9,12,15H,3-7H2,1-2H3,(H2,11,13). The van der Waals surface area contributed by atoms with Crippen LogP contribution in [0.25, 0.3) is 0 Å². The molecule has 5 heteroatoms. The van der Waals surface area contributed by atoms with E-state index < -0.39 is 0 Å². The summed E-state index contributed by atoms with van der Waals surface area (Å²) in [5.74, 6) is 0.958. The fourth-order valence-electron chi connectivity index (χ4n) is 2.09. The van der Waals surface area contributed by atoms with Crippen molar-refractivity contribution in [3.05, 3.63) is 0 Å². The Hall–Kier alpha value is -0.810. The van der Waals surface area contributed by atoms with Crippen molar-refractivity contribution >= 4 is 5.84 Å². The first-order chi connectivity index (χ1) is 7.13. The summed E-state index contributed by atoms with van der Waals surface area (Å²) in [6, 6.07) is 0.563. The van der Waals surface area contributed by atoms with Gasteiger partial charge in [-0.25, -0.2) is 0 Å². The van der Waals surface area contributed by atoms with Crippen LogP contribution in [0.4, 0.5) is 0 Å². The average Bonchev–Trinajstić information content (AvgIpc) is 2.21. The first kappa shape index (κ1) is 12.3. The molecule has 0 spiro atoms. The second-order valence-electron chi connectivity index (χ2n) is 4.43. The van der Waals surface area contributed by atoms with E-state index in [-0.39, 0.29) is 0 Å². The van der Waals surface area contributed by atoms with Crippen LogP contribution in [0.5, 0.6) is 0 Å². The molecule has 2 unspecified atom stereocenters. The van der Waals surface area contributed by atoms with Crippen LogP contribution in [0.3, 0.4) is 0 Å². The Bertz CT molecular complexity index is 219. The van der Waals surface area contributed by atoms with Gasteiger partial charge in [0.25, 0.3) is 0 Å². The molecule has 1 aliphatic rings. The lowest BCUT2D eigenvalue weighted by atomic mass is 9.94. The van der Waals surface area contributed by atoms with Gasteiger partial charge in [-0.05, 0) is 25.9 Å². The molecule has 0 aliphatic carbocycles. The van der Waals surface area contributed by atoms with E-state index in [0.717, 1.165) is 19.6 Å². The quantitative estimate of drug-likeness (QED) is 0.268. The van der Waals surface area contributed by atoms with E-state index in [2.05, 4.69) is 29.3 Å². The van der Waals surface area contributed by atoms with E-state index in [0.29, 0.717) is 24.2 Å². The molecule has 4 N–H and O–H groups in total. The summed E-state index contributed by atoms with van der Waals surface area (Å²) >= 11 is 0. The van der Waals surface area contributed by atoms with Gasteiger partial charge in [0.15, 0.2) is 0 Å². The molecule has 1 heterocycles. The number of piperidine rings is 1. The van der Waals surface area contributed by atoms with Crippen molar-refractivity contribution in [3.63, 3.8) is 0 Å². The lowest BCUT2D eigenvalue weighted by Gasteiger charge is -2.35. The van der Waals surface area contributed by atoms with Gasteiger partial charge in [-0.1, -0.05) is 12.1 Å². The Morgan fingerprint density at radius 1 is 1.67 bits per heavy atom. The van der Waals surface area contributed by atoms with Crippen molar-refractivity contribution in [1.82, 2.24) is 10.2 Å². The molecule has 2 atom stereocenters. The highest BCUT2D eigenvalue weighted by atomic mass is 16.4. The number of nitrogens with zero attached hydrogens (tertiary/aromatic N) is 2. The molecule has 0 amide bonds. The highest BCUT2D eigenvalue weighted by molar-refractivity contribution is 5.79. The number of nitrogens with two attached hydrogens (primary N) is 1. The number of amidine groups is 1. The van der Waals surface area contributed by atoms with E-state index in [4.69, 9.17) is 10.9 Å². The molecule has 1 fully saturated rings. The van der Waals surface area contributed by atoms with Gasteiger partial charge >= 0.3 is 0 Å². The molecule has 15 heavy (non-hydrogen) atoms. The van der Waals surface area contributed by atoms with Gasteiger partial charge < -0.3 is 21.2 Å². The number of oxime groups is 1. The van der Waals surface area contributed by atoms with Crippen LogP contribution >= 0.6 is 0 Å². The van der Waals surface area contributed by atoms with Crippen molar-refractivity contribution in [2.24, 2.45) is 16.8 Å². The van der Waals surface area contributed by atoms with Crippen LogP contribution in [-0.2, 0) is 0 Å². The van der Waals surface area contributed by atoms with E-state index in [9.17, 15) is 0 Å². The van der Waals surface area contributed by atoms with Crippen molar-refractivity contribution < 1.29 is 5.21 Å². The van der Waals surface area contributed by atoms with Crippen LogP contribution < -0.4 is 11.1 Å². The lowest BCUT2D eigenvalue weighted by Crippen LogP contribution is -2.47. The van der Waals surface area contributed by atoms with Gasteiger partial charge in [0, 0.05) is 25.6 Å². The summed E-state index contributed by atoms with van der Waals surface area (Å²) in [5, 5.41) is 14.8. The molecule has 0 aromatic rings. The molecular weight excluding hydrogens is 192 g/mol. The summed E-state index contributed by atoms with van der Waals surface area (Å²) in [4.78, 5) is 2.35. The zero-order valence-corrected chi connectivity index (χ0v) is 9.61.